The maximum Gasteiger partial charge on any atom is 0.253 e. The molecule has 1 fully saturated rings. The molecule has 2 N–H and O–H groups in total. The molecule has 0 radical (unpaired) electrons. The molecule has 116 valence electrons. The van der Waals surface area contributed by atoms with Crippen molar-refractivity contribution in [2.45, 2.75) is 20.3 Å². The first-order chi connectivity index (χ1) is 10.6. The van der Waals surface area contributed by atoms with Crippen molar-refractivity contribution in [2.75, 3.05) is 26.2 Å². The number of carbonyl (C=O) groups excluding carboxylic acids is 1. The standard InChI is InChI=1S/C17H22N4O/c1-12-16(13(2)20-19-12)11-14-3-5-15(6-4-14)17(22)21-9-7-18-8-10-21/h3-6,18H,7-11H2,1-2H3,(H,19,20). The van der Waals surface area contributed by atoms with Crippen LogP contribution in [0.25, 0.3) is 0 Å². The van der Waals surface area contributed by atoms with Crippen LogP contribution < -0.4 is 5.32 Å². The number of benzene rings is 1. The molecule has 0 saturated carbocycles. The van der Waals surface area contributed by atoms with E-state index in [1.807, 2.05) is 43.0 Å². The lowest BCUT2D eigenvalue weighted by Crippen LogP contribution is -2.46. The number of hydrogen-bond acceptors (Lipinski definition) is 3. The SMILES string of the molecule is Cc1n[nH]c(C)c1Cc1ccc(C(=O)N2CCNCC2)cc1. The van der Waals surface area contributed by atoms with Crippen LogP contribution in [0.1, 0.15) is 32.9 Å². The molecule has 22 heavy (non-hydrogen) atoms. The zero-order valence-corrected chi connectivity index (χ0v) is 13.1. The third-order valence-electron chi connectivity index (χ3n) is 4.27. The molecule has 1 aliphatic heterocycles. The van der Waals surface area contributed by atoms with Crippen LogP contribution in [0.2, 0.25) is 0 Å². The summed E-state index contributed by atoms with van der Waals surface area (Å²) >= 11 is 0. The minimum absolute atomic E-state index is 0.128. The highest BCUT2D eigenvalue weighted by Crippen LogP contribution is 2.16. The summed E-state index contributed by atoms with van der Waals surface area (Å²) in [6.07, 6.45) is 0.844. The van der Waals surface area contributed by atoms with Crippen molar-refractivity contribution in [3.63, 3.8) is 0 Å². The van der Waals surface area contributed by atoms with Crippen LogP contribution in [0.15, 0.2) is 24.3 Å². The van der Waals surface area contributed by atoms with Gasteiger partial charge < -0.3 is 10.2 Å². The van der Waals surface area contributed by atoms with Gasteiger partial charge in [-0.15, -0.1) is 0 Å². The Bertz CT molecular complexity index is 634. The average molecular weight is 298 g/mol. The Labute approximate surface area is 130 Å². The van der Waals surface area contributed by atoms with Gasteiger partial charge in [0.2, 0.25) is 0 Å². The van der Waals surface area contributed by atoms with Crippen LogP contribution in [0.5, 0.6) is 0 Å². The van der Waals surface area contributed by atoms with Crippen molar-refractivity contribution in [1.29, 1.82) is 0 Å². The molecule has 1 saturated heterocycles. The molecule has 0 unspecified atom stereocenters. The molecule has 1 aromatic heterocycles. The van der Waals surface area contributed by atoms with Crippen LogP contribution in [0, 0.1) is 13.8 Å². The molecule has 1 aromatic carbocycles. The molecule has 0 aliphatic carbocycles. The molecule has 0 spiro atoms. The largest absolute Gasteiger partial charge is 0.336 e. The van der Waals surface area contributed by atoms with Gasteiger partial charge in [-0.25, -0.2) is 0 Å². The predicted molar refractivity (Wildman–Crippen MR) is 86.1 cm³/mol. The van der Waals surface area contributed by atoms with Gasteiger partial charge in [0.05, 0.1) is 5.69 Å². The zero-order valence-electron chi connectivity index (χ0n) is 13.1. The number of H-pyrrole nitrogens is 1. The number of rotatable bonds is 3. The van der Waals surface area contributed by atoms with Gasteiger partial charge in [-0.1, -0.05) is 12.1 Å². The number of carbonyl (C=O) groups is 1. The van der Waals surface area contributed by atoms with Crippen molar-refractivity contribution < 1.29 is 4.79 Å². The fourth-order valence-electron chi connectivity index (χ4n) is 2.85. The second kappa shape index (κ2) is 6.32. The summed E-state index contributed by atoms with van der Waals surface area (Å²) in [5.41, 5.74) is 5.36. The van der Waals surface area contributed by atoms with Crippen LogP contribution in [-0.2, 0) is 6.42 Å². The summed E-state index contributed by atoms with van der Waals surface area (Å²) in [6.45, 7) is 7.38. The molecule has 2 aromatic rings. The summed E-state index contributed by atoms with van der Waals surface area (Å²) in [6, 6.07) is 7.96. The lowest BCUT2D eigenvalue weighted by molar-refractivity contribution is 0.0736. The predicted octanol–water partition coefficient (Wildman–Crippen LogP) is 1.66. The Kier molecular flexibility index (Phi) is 4.24. The lowest BCUT2D eigenvalue weighted by atomic mass is 10.0. The Morgan fingerprint density at radius 1 is 1.18 bits per heavy atom. The smallest absolute Gasteiger partial charge is 0.253 e. The molecule has 1 aliphatic rings. The molecule has 2 heterocycles. The van der Waals surface area contributed by atoms with Crippen molar-refractivity contribution in [1.82, 2.24) is 20.4 Å². The summed E-state index contributed by atoms with van der Waals surface area (Å²) in [5, 5.41) is 10.5. The number of aromatic amines is 1. The van der Waals surface area contributed by atoms with Crippen molar-refractivity contribution in [3.8, 4) is 0 Å². The lowest BCUT2D eigenvalue weighted by Gasteiger charge is -2.27. The summed E-state index contributed by atoms with van der Waals surface area (Å²) in [5.74, 6) is 0.128. The first-order valence-corrected chi connectivity index (χ1v) is 7.74. The highest BCUT2D eigenvalue weighted by atomic mass is 16.2. The zero-order chi connectivity index (χ0) is 15.5. The van der Waals surface area contributed by atoms with E-state index in [1.54, 1.807) is 0 Å². The number of hydrogen-bond donors (Lipinski definition) is 2. The number of piperazine rings is 1. The maximum absolute atomic E-state index is 12.4. The normalized spacial score (nSPS) is 15.1. The van der Waals surface area contributed by atoms with E-state index < -0.39 is 0 Å². The number of aryl methyl sites for hydroxylation is 2. The maximum atomic E-state index is 12.4. The van der Waals surface area contributed by atoms with Crippen LogP contribution in [-0.4, -0.2) is 47.2 Å². The molecule has 3 rings (SSSR count). The van der Waals surface area contributed by atoms with E-state index in [-0.39, 0.29) is 5.91 Å². The Morgan fingerprint density at radius 3 is 2.45 bits per heavy atom. The first-order valence-electron chi connectivity index (χ1n) is 7.74. The molecule has 5 nitrogen and oxygen atoms in total. The number of amides is 1. The second-order valence-corrected chi connectivity index (χ2v) is 5.83. The van der Waals surface area contributed by atoms with Crippen molar-refractivity contribution >= 4 is 5.91 Å². The van der Waals surface area contributed by atoms with Gasteiger partial charge >= 0.3 is 0 Å². The molecule has 5 heteroatoms. The van der Waals surface area contributed by atoms with Gasteiger partial charge in [0.15, 0.2) is 0 Å². The fourth-order valence-corrected chi connectivity index (χ4v) is 2.85. The van der Waals surface area contributed by atoms with E-state index in [4.69, 9.17) is 0 Å². The minimum Gasteiger partial charge on any atom is -0.336 e. The number of nitrogens with zero attached hydrogens (tertiary/aromatic N) is 2. The van der Waals surface area contributed by atoms with Crippen LogP contribution in [0.4, 0.5) is 0 Å². The van der Waals surface area contributed by atoms with Crippen LogP contribution in [0.3, 0.4) is 0 Å². The average Bonchev–Trinajstić information content (AvgIpc) is 2.88. The van der Waals surface area contributed by atoms with Gasteiger partial charge in [0.25, 0.3) is 5.91 Å². The molecular weight excluding hydrogens is 276 g/mol. The van der Waals surface area contributed by atoms with E-state index in [0.717, 1.165) is 49.6 Å². The Hall–Kier alpha value is -2.14. The van der Waals surface area contributed by atoms with Gasteiger partial charge in [-0.05, 0) is 31.5 Å². The topological polar surface area (TPSA) is 61.0 Å². The van der Waals surface area contributed by atoms with E-state index in [9.17, 15) is 4.79 Å². The van der Waals surface area contributed by atoms with Gasteiger partial charge in [-0.2, -0.15) is 5.10 Å². The summed E-state index contributed by atoms with van der Waals surface area (Å²) in [7, 11) is 0. The highest BCUT2D eigenvalue weighted by molar-refractivity contribution is 5.94. The first kappa shape index (κ1) is 14.8. The highest BCUT2D eigenvalue weighted by Gasteiger charge is 2.17. The Morgan fingerprint density at radius 2 is 1.86 bits per heavy atom. The second-order valence-electron chi connectivity index (χ2n) is 5.83. The monoisotopic (exact) mass is 298 g/mol. The molecular formula is C17H22N4O. The van der Waals surface area contributed by atoms with E-state index in [0.29, 0.717) is 0 Å². The third-order valence-corrected chi connectivity index (χ3v) is 4.27. The Balaban J connectivity index is 1.71. The van der Waals surface area contributed by atoms with Gasteiger partial charge in [0, 0.05) is 49.4 Å². The van der Waals surface area contributed by atoms with E-state index in [1.165, 1.54) is 11.1 Å². The van der Waals surface area contributed by atoms with Crippen molar-refractivity contribution in [2.24, 2.45) is 0 Å². The number of nitrogens with one attached hydrogen (secondary N) is 2. The van der Waals surface area contributed by atoms with E-state index >= 15 is 0 Å². The molecule has 0 bridgehead atoms. The minimum atomic E-state index is 0.128. The number of aromatic nitrogens is 2. The van der Waals surface area contributed by atoms with Gasteiger partial charge in [0.1, 0.15) is 0 Å². The van der Waals surface area contributed by atoms with Gasteiger partial charge in [-0.3, -0.25) is 9.89 Å². The summed E-state index contributed by atoms with van der Waals surface area (Å²) in [4.78, 5) is 14.3. The van der Waals surface area contributed by atoms with Crippen molar-refractivity contribution in [3.05, 3.63) is 52.3 Å². The molecule has 1 amide bonds. The quantitative estimate of drug-likeness (QED) is 0.906. The van der Waals surface area contributed by atoms with Crippen LogP contribution >= 0.6 is 0 Å². The fraction of sp³-hybridized carbons (Fsp3) is 0.412. The molecule has 0 atom stereocenters. The van der Waals surface area contributed by atoms with E-state index in [2.05, 4.69) is 15.5 Å². The third kappa shape index (κ3) is 3.04. The summed E-state index contributed by atoms with van der Waals surface area (Å²) < 4.78 is 0.